The van der Waals surface area contributed by atoms with E-state index in [-0.39, 0.29) is 121 Å². The molecule has 0 rings (SSSR count). The molecule has 0 spiro atoms. The standard InChI is InChI=1S/C43H82N8O12/c1-3-4-5-6-7-8-9-10-11-12-19-38(53)51-36(43(58)59)20-21-37(52)48-24-26-60-28-31-63-33-40(55)49-25-27-61-29-30-62-32-39(54)47-22-15-13-18-35(45)42(57)50-23-16-14-17-34(44)41(56)46-2/h34-36H,3-33,44-45H2,1-2H3,(H,46,56)(H,47,54)(H,48,52)(H,49,55)(H,50,57)(H,51,53)(H,58,59)/t34-,35-,36-/m0/s1. The summed E-state index contributed by atoms with van der Waals surface area (Å²) in [5.74, 6) is -2.87. The maximum absolute atomic E-state index is 12.2. The Morgan fingerprint density at radius 3 is 1.46 bits per heavy atom. The predicted molar refractivity (Wildman–Crippen MR) is 238 cm³/mol. The van der Waals surface area contributed by atoms with Crippen molar-refractivity contribution in [2.45, 2.75) is 147 Å². The van der Waals surface area contributed by atoms with Crippen LogP contribution in [0, 0.1) is 0 Å². The number of aliphatic carboxylic acids is 1. The molecule has 0 aromatic heterocycles. The number of carboxylic acids is 1. The van der Waals surface area contributed by atoms with E-state index in [1.54, 1.807) is 0 Å². The number of hydrogen-bond acceptors (Lipinski definition) is 13. The second-order valence-corrected chi connectivity index (χ2v) is 15.4. The Bertz CT molecular complexity index is 1250. The fraction of sp³-hybridized carbons (Fsp3) is 0.837. The van der Waals surface area contributed by atoms with Crippen LogP contribution in [0.5, 0.6) is 0 Å². The summed E-state index contributed by atoms with van der Waals surface area (Å²) in [6, 6.07) is -2.32. The van der Waals surface area contributed by atoms with Crippen LogP contribution in [-0.4, -0.2) is 151 Å². The van der Waals surface area contributed by atoms with Gasteiger partial charge in [0.2, 0.25) is 35.4 Å². The maximum Gasteiger partial charge on any atom is 0.326 e. The SMILES string of the molecule is CCCCCCCCCCCCC(=O)N[C@@H](CCC(=O)NCCOCCOCC(=O)NCCOCCOCC(=O)NCCCC[C@H](N)C(=O)NCCCC[C@H](N)C(=O)NC)C(=O)O. The molecule has 20 nitrogen and oxygen atoms in total. The molecule has 0 fully saturated rings. The predicted octanol–water partition coefficient (Wildman–Crippen LogP) is 0.919. The maximum atomic E-state index is 12.2. The Hall–Kier alpha value is -3.95. The molecule has 0 aliphatic heterocycles. The van der Waals surface area contributed by atoms with Crippen LogP contribution in [0.4, 0.5) is 0 Å². The fourth-order valence-corrected chi connectivity index (χ4v) is 6.05. The lowest BCUT2D eigenvalue weighted by molar-refractivity contribution is -0.142. The molecule has 0 heterocycles. The minimum absolute atomic E-state index is 0.0160. The van der Waals surface area contributed by atoms with Gasteiger partial charge in [-0.1, -0.05) is 64.7 Å². The van der Waals surface area contributed by atoms with Gasteiger partial charge in [-0.05, 0) is 51.4 Å². The van der Waals surface area contributed by atoms with E-state index in [2.05, 4.69) is 38.8 Å². The number of nitrogens with two attached hydrogens (primary N) is 2. The number of amides is 6. The quantitative estimate of drug-likeness (QED) is 0.0385. The van der Waals surface area contributed by atoms with E-state index in [0.29, 0.717) is 58.0 Å². The van der Waals surface area contributed by atoms with Crippen LogP contribution < -0.4 is 43.4 Å². The molecule has 0 saturated carbocycles. The van der Waals surface area contributed by atoms with Gasteiger partial charge in [0, 0.05) is 46.1 Å². The molecule has 20 heteroatoms. The minimum atomic E-state index is -1.17. The normalized spacial score (nSPS) is 12.4. The van der Waals surface area contributed by atoms with Gasteiger partial charge in [-0.2, -0.15) is 0 Å². The molecule has 0 aliphatic carbocycles. The monoisotopic (exact) mass is 903 g/mol. The van der Waals surface area contributed by atoms with Crippen molar-refractivity contribution >= 4 is 41.4 Å². The van der Waals surface area contributed by atoms with Crippen LogP contribution in [0.3, 0.4) is 0 Å². The molecule has 0 saturated heterocycles. The first-order chi connectivity index (χ1) is 30.4. The largest absolute Gasteiger partial charge is 0.480 e. The van der Waals surface area contributed by atoms with Crippen molar-refractivity contribution in [3.8, 4) is 0 Å². The Kier molecular flexibility index (Phi) is 39.4. The molecule has 6 amide bonds. The number of unbranched alkanes of at least 4 members (excludes halogenated alkanes) is 11. The Balaban J connectivity index is 3.67. The molecular formula is C43H82N8O12. The second-order valence-electron chi connectivity index (χ2n) is 15.4. The highest BCUT2D eigenvalue weighted by molar-refractivity contribution is 5.84. The molecule has 11 N–H and O–H groups in total. The number of likely N-dealkylation sites (N-methyl/N-ethyl adjacent to an activating group) is 1. The summed E-state index contributed by atoms with van der Waals surface area (Å²) in [7, 11) is 1.54. The van der Waals surface area contributed by atoms with Crippen LogP contribution in [0.15, 0.2) is 0 Å². The van der Waals surface area contributed by atoms with Gasteiger partial charge in [-0.25, -0.2) is 4.79 Å². The van der Waals surface area contributed by atoms with Gasteiger partial charge < -0.3 is 67.4 Å². The highest BCUT2D eigenvalue weighted by atomic mass is 16.5. The minimum Gasteiger partial charge on any atom is -0.480 e. The average molecular weight is 903 g/mol. The zero-order valence-electron chi connectivity index (χ0n) is 38.2. The molecular weight excluding hydrogens is 821 g/mol. The van der Waals surface area contributed by atoms with Crippen LogP contribution in [0.25, 0.3) is 0 Å². The number of carbonyl (C=O) groups is 7. The van der Waals surface area contributed by atoms with Gasteiger partial charge in [0.15, 0.2) is 0 Å². The van der Waals surface area contributed by atoms with Crippen LogP contribution in [0.2, 0.25) is 0 Å². The molecule has 0 unspecified atom stereocenters. The smallest absolute Gasteiger partial charge is 0.326 e. The first-order valence-electron chi connectivity index (χ1n) is 23.0. The van der Waals surface area contributed by atoms with E-state index in [1.165, 1.54) is 45.6 Å². The molecule has 3 atom stereocenters. The van der Waals surface area contributed by atoms with Crippen molar-refractivity contribution < 1.29 is 57.6 Å². The zero-order chi connectivity index (χ0) is 46.8. The van der Waals surface area contributed by atoms with E-state index in [9.17, 15) is 38.7 Å². The fourth-order valence-electron chi connectivity index (χ4n) is 6.05. The molecule has 0 bridgehead atoms. The summed E-state index contributed by atoms with van der Waals surface area (Å²) < 4.78 is 21.4. The molecule has 0 aromatic carbocycles. The van der Waals surface area contributed by atoms with Gasteiger partial charge in [0.25, 0.3) is 0 Å². The second kappa shape index (κ2) is 42.0. The first-order valence-corrected chi connectivity index (χ1v) is 23.0. The number of carbonyl (C=O) groups excluding carboxylic acids is 6. The first kappa shape index (κ1) is 59.0. The summed E-state index contributed by atoms with van der Waals surface area (Å²) in [5, 5.41) is 25.4. The number of rotatable bonds is 44. The van der Waals surface area contributed by atoms with E-state index in [1.807, 2.05) is 0 Å². The van der Waals surface area contributed by atoms with Crippen molar-refractivity contribution in [3.05, 3.63) is 0 Å². The number of carboxylic acid groups (broad SMARTS) is 1. The number of ether oxygens (including phenoxy) is 4. The average Bonchev–Trinajstić information content (AvgIpc) is 3.26. The van der Waals surface area contributed by atoms with Gasteiger partial charge in [-0.15, -0.1) is 0 Å². The van der Waals surface area contributed by atoms with E-state index in [4.69, 9.17) is 30.4 Å². The molecule has 0 aromatic rings. The Morgan fingerprint density at radius 1 is 0.476 bits per heavy atom. The third-order valence-electron chi connectivity index (χ3n) is 9.82. The van der Waals surface area contributed by atoms with Gasteiger partial charge >= 0.3 is 5.97 Å². The van der Waals surface area contributed by atoms with Crippen molar-refractivity contribution in [3.63, 3.8) is 0 Å². The van der Waals surface area contributed by atoms with E-state index < -0.39 is 24.1 Å². The summed E-state index contributed by atoms with van der Waals surface area (Å²) in [5.41, 5.74) is 11.7. The lowest BCUT2D eigenvalue weighted by Crippen LogP contribution is -2.41. The van der Waals surface area contributed by atoms with E-state index >= 15 is 0 Å². The summed E-state index contributed by atoms with van der Waals surface area (Å²) >= 11 is 0. The van der Waals surface area contributed by atoms with Gasteiger partial charge in [-0.3, -0.25) is 28.8 Å². The molecule has 63 heavy (non-hydrogen) atoms. The molecule has 0 aliphatic rings. The lowest BCUT2D eigenvalue weighted by Gasteiger charge is -2.14. The zero-order valence-corrected chi connectivity index (χ0v) is 38.2. The summed E-state index contributed by atoms with van der Waals surface area (Å²) in [6.07, 6.45) is 15.4. The Morgan fingerprint density at radius 2 is 0.937 bits per heavy atom. The van der Waals surface area contributed by atoms with Crippen molar-refractivity contribution in [1.82, 2.24) is 31.9 Å². The summed E-state index contributed by atoms with van der Waals surface area (Å²) in [4.78, 5) is 83.5. The van der Waals surface area contributed by atoms with Crippen LogP contribution in [0.1, 0.15) is 129 Å². The third-order valence-corrected chi connectivity index (χ3v) is 9.82. The van der Waals surface area contributed by atoms with Crippen molar-refractivity contribution in [1.29, 1.82) is 0 Å². The van der Waals surface area contributed by atoms with Crippen molar-refractivity contribution in [2.75, 3.05) is 86.1 Å². The van der Waals surface area contributed by atoms with Crippen molar-refractivity contribution in [2.24, 2.45) is 11.5 Å². The topological polar surface area (TPSA) is 301 Å². The highest BCUT2D eigenvalue weighted by Gasteiger charge is 2.21. The molecule has 366 valence electrons. The molecule has 0 radical (unpaired) electrons. The number of hydrogen-bond donors (Lipinski definition) is 9. The third kappa shape index (κ3) is 38.2. The lowest BCUT2D eigenvalue weighted by atomic mass is 10.1. The van der Waals surface area contributed by atoms with Crippen LogP contribution >= 0.6 is 0 Å². The number of nitrogens with one attached hydrogen (secondary N) is 6. The van der Waals surface area contributed by atoms with Gasteiger partial charge in [0.1, 0.15) is 19.3 Å². The van der Waals surface area contributed by atoms with Crippen LogP contribution in [-0.2, 0) is 52.5 Å². The van der Waals surface area contributed by atoms with Gasteiger partial charge in [0.05, 0.1) is 51.7 Å². The van der Waals surface area contributed by atoms with E-state index in [0.717, 1.165) is 19.3 Å². The highest BCUT2D eigenvalue weighted by Crippen LogP contribution is 2.11. The Labute approximate surface area is 374 Å². The summed E-state index contributed by atoms with van der Waals surface area (Å²) in [6.45, 7) is 4.53.